The molecule has 0 atom stereocenters. The van der Waals surface area contributed by atoms with Crippen LogP contribution in [-0.4, -0.2) is 31.2 Å². The summed E-state index contributed by atoms with van der Waals surface area (Å²) in [5.74, 6) is -0.231. The van der Waals surface area contributed by atoms with Crippen molar-refractivity contribution in [2.45, 2.75) is 77.3 Å². The summed E-state index contributed by atoms with van der Waals surface area (Å²) in [6.45, 7) is 7.57. The van der Waals surface area contributed by atoms with E-state index in [4.69, 9.17) is 0 Å². The van der Waals surface area contributed by atoms with Crippen molar-refractivity contribution in [1.82, 2.24) is 9.62 Å². The molecule has 1 aliphatic carbocycles. The zero-order chi connectivity index (χ0) is 22.6. The van der Waals surface area contributed by atoms with Crippen LogP contribution in [0.25, 0.3) is 0 Å². The summed E-state index contributed by atoms with van der Waals surface area (Å²) < 4.78 is 28.8. The van der Waals surface area contributed by atoms with Gasteiger partial charge in [0.1, 0.15) is 0 Å². The Bertz CT molecular complexity index is 1000. The molecule has 3 rings (SSSR count). The van der Waals surface area contributed by atoms with Crippen molar-refractivity contribution in [1.29, 1.82) is 0 Å². The number of aryl methyl sites for hydroxylation is 4. The molecule has 0 heterocycles. The number of nitrogens with zero attached hydrogens (tertiary/aromatic N) is 1. The molecule has 31 heavy (non-hydrogen) atoms. The first-order valence-corrected chi connectivity index (χ1v) is 12.5. The van der Waals surface area contributed by atoms with Crippen LogP contribution in [-0.2, 0) is 21.4 Å². The van der Waals surface area contributed by atoms with Gasteiger partial charge in [0.05, 0.1) is 11.4 Å². The van der Waals surface area contributed by atoms with Crippen LogP contribution in [0.1, 0.15) is 59.9 Å². The Morgan fingerprint density at radius 2 is 1.52 bits per heavy atom. The minimum absolute atomic E-state index is 0.146. The topological polar surface area (TPSA) is 66.5 Å². The number of sulfonamides is 1. The molecule has 168 valence electrons. The van der Waals surface area contributed by atoms with E-state index in [-0.39, 0.29) is 25.0 Å². The predicted octanol–water partition coefficient (Wildman–Crippen LogP) is 4.56. The van der Waals surface area contributed by atoms with Gasteiger partial charge in [0, 0.05) is 12.6 Å². The second-order valence-electron chi connectivity index (χ2n) is 8.89. The fourth-order valence-corrected chi connectivity index (χ4v) is 6.30. The van der Waals surface area contributed by atoms with Crippen molar-refractivity contribution < 1.29 is 13.2 Å². The maximum Gasteiger partial charge on any atom is 0.244 e. The fraction of sp³-hybridized carbons (Fsp3) is 0.480. The summed E-state index contributed by atoms with van der Waals surface area (Å²) >= 11 is 0. The summed E-state index contributed by atoms with van der Waals surface area (Å²) in [6, 6.07) is 11.7. The molecule has 0 bridgehead atoms. The van der Waals surface area contributed by atoms with Crippen LogP contribution in [0, 0.1) is 27.7 Å². The minimum atomic E-state index is -3.85. The number of nitrogens with one attached hydrogen (secondary N) is 1. The number of carbonyl (C=O) groups excluding carboxylic acids is 1. The first-order valence-electron chi connectivity index (χ1n) is 11.1. The number of amides is 1. The van der Waals surface area contributed by atoms with Gasteiger partial charge in [0.15, 0.2) is 0 Å². The quantitative estimate of drug-likeness (QED) is 0.684. The third-order valence-electron chi connectivity index (χ3n) is 5.97. The first kappa shape index (κ1) is 23.5. The normalized spacial score (nSPS) is 15.3. The molecule has 2 aromatic rings. The van der Waals surface area contributed by atoms with Crippen LogP contribution < -0.4 is 5.32 Å². The van der Waals surface area contributed by atoms with E-state index in [0.717, 1.165) is 42.4 Å². The highest BCUT2D eigenvalue weighted by Gasteiger charge is 2.30. The predicted molar refractivity (Wildman–Crippen MR) is 124 cm³/mol. The summed E-state index contributed by atoms with van der Waals surface area (Å²) in [5, 5.41) is 3.06. The van der Waals surface area contributed by atoms with Gasteiger partial charge in [0.25, 0.3) is 0 Å². The van der Waals surface area contributed by atoms with Crippen LogP contribution in [0.2, 0.25) is 0 Å². The molecule has 1 aliphatic rings. The van der Waals surface area contributed by atoms with E-state index in [1.54, 1.807) is 0 Å². The molecule has 1 fully saturated rings. The van der Waals surface area contributed by atoms with Crippen LogP contribution in [0.4, 0.5) is 0 Å². The van der Waals surface area contributed by atoms with E-state index < -0.39 is 10.0 Å². The molecule has 5 nitrogen and oxygen atoms in total. The molecular weight excluding hydrogens is 408 g/mol. The van der Waals surface area contributed by atoms with Gasteiger partial charge in [-0.15, -0.1) is 0 Å². The summed E-state index contributed by atoms with van der Waals surface area (Å²) in [7, 11) is -3.85. The Hall–Kier alpha value is -2.18. The van der Waals surface area contributed by atoms with Crippen molar-refractivity contribution in [2.24, 2.45) is 0 Å². The zero-order valence-electron chi connectivity index (χ0n) is 19.1. The van der Waals surface area contributed by atoms with Crippen molar-refractivity contribution in [2.75, 3.05) is 6.54 Å². The van der Waals surface area contributed by atoms with Gasteiger partial charge in [-0.1, -0.05) is 66.8 Å². The summed E-state index contributed by atoms with van der Waals surface area (Å²) in [4.78, 5) is 13.2. The number of carbonyl (C=O) groups is 1. The van der Waals surface area contributed by atoms with Gasteiger partial charge in [0.2, 0.25) is 15.9 Å². The number of hydrogen-bond acceptors (Lipinski definition) is 3. The SMILES string of the molecule is Cc1ccc(CN(CC(=O)NC2CCCCC2)S(=O)(=O)c2c(C)cc(C)cc2C)cc1. The molecule has 0 unspecified atom stereocenters. The van der Waals surface area contributed by atoms with Crippen molar-refractivity contribution in [3.63, 3.8) is 0 Å². The van der Waals surface area contributed by atoms with Crippen molar-refractivity contribution >= 4 is 15.9 Å². The number of benzene rings is 2. The van der Waals surface area contributed by atoms with Crippen LogP contribution >= 0.6 is 0 Å². The Kier molecular flexibility index (Phi) is 7.55. The minimum Gasteiger partial charge on any atom is -0.352 e. The summed E-state index contributed by atoms with van der Waals surface area (Å²) in [5.41, 5.74) is 4.41. The van der Waals surface area contributed by atoms with Gasteiger partial charge in [-0.3, -0.25) is 4.79 Å². The molecule has 1 amide bonds. The van der Waals surface area contributed by atoms with Crippen LogP contribution in [0.15, 0.2) is 41.3 Å². The van der Waals surface area contributed by atoms with E-state index in [1.807, 2.05) is 64.1 Å². The van der Waals surface area contributed by atoms with E-state index in [2.05, 4.69) is 5.32 Å². The Labute approximate surface area is 186 Å². The lowest BCUT2D eigenvalue weighted by Crippen LogP contribution is -2.44. The maximum atomic E-state index is 13.7. The smallest absolute Gasteiger partial charge is 0.244 e. The number of hydrogen-bond donors (Lipinski definition) is 1. The number of rotatable bonds is 7. The van der Waals surface area contributed by atoms with Crippen molar-refractivity contribution in [3.8, 4) is 0 Å². The van der Waals surface area contributed by atoms with Crippen molar-refractivity contribution in [3.05, 3.63) is 64.2 Å². The van der Waals surface area contributed by atoms with Crippen LogP contribution in [0.3, 0.4) is 0 Å². The van der Waals surface area contributed by atoms with Gasteiger partial charge in [-0.25, -0.2) is 8.42 Å². The van der Waals surface area contributed by atoms with E-state index in [0.29, 0.717) is 16.0 Å². The lowest BCUT2D eigenvalue weighted by molar-refractivity contribution is -0.122. The monoisotopic (exact) mass is 442 g/mol. The molecule has 0 saturated heterocycles. The van der Waals surface area contributed by atoms with Gasteiger partial charge >= 0.3 is 0 Å². The standard InChI is InChI=1S/C25H34N2O3S/c1-18-10-12-22(13-11-18)16-27(17-24(28)26-23-8-6-5-7-9-23)31(29,30)25-20(3)14-19(2)15-21(25)4/h10-15,23H,5-9,16-17H2,1-4H3,(H,26,28). The highest BCUT2D eigenvalue weighted by atomic mass is 32.2. The molecule has 1 N–H and O–H groups in total. The second kappa shape index (κ2) is 9.96. The van der Waals surface area contributed by atoms with Gasteiger partial charge < -0.3 is 5.32 Å². The fourth-order valence-electron chi connectivity index (χ4n) is 4.51. The molecule has 2 aromatic carbocycles. The Balaban J connectivity index is 1.90. The molecule has 6 heteroatoms. The first-order chi connectivity index (χ1) is 14.7. The average molecular weight is 443 g/mol. The highest BCUT2D eigenvalue weighted by molar-refractivity contribution is 7.89. The van der Waals surface area contributed by atoms with E-state index in [1.165, 1.54) is 10.7 Å². The van der Waals surface area contributed by atoms with E-state index in [9.17, 15) is 13.2 Å². The molecule has 0 aliphatic heterocycles. The largest absolute Gasteiger partial charge is 0.352 e. The third-order valence-corrected chi connectivity index (χ3v) is 8.07. The molecule has 0 aromatic heterocycles. The molecular formula is C25H34N2O3S. The Morgan fingerprint density at radius 1 is 0.935 bits per heavy atom. The highest BCUT2D eigenvalue weighted by Crippen LogP contribution is 2.27. The molecule has 0 spiro atoms. The zero-order valence-corrected chi connectivity index (χ0v) is 19.9. The maximum absolute atomic E-state index is 13.7. The molecule has 1 saturated carbocycles. The van der Waals surface area contributed by atoms with E-state index >= 15 is 0 Å². The lowest BCUT2D eigenvalue weighted by Gasteiger charge is -2.27. The third kappa shape index (κ3) is 5.95. The second-order valence-corrected chi connectivity index (χ2v) is 10.8. The van der Waals surface area contributed by atoms with Gasteiger partial charge in [-0.2, -0.15) is 4.31 Å². The molecule has 0 radical (unpaired) electrons. The Morgan fingerprint density at radius 3 is 2.10 bits per heavy atom. The average Bonchev–Trinajstić information content (AvgIpc) is 2.69. The van der Waals surface area contributed by atoms with Gasteiger partial charge in [-0.05, 0) is 57.2 Å². The lowest BCUT2D eigenvalue weighted by atomic mass is 9.95. The van der Waals surface area contributed by atoms with Crippen LogP contribution in [0.5, 0.6) is 0 Å². The summed E-state index contributed by atoms with van der Waals surface area (Å²) in [6.07, 6.45) is 5.35.